The van der Waals surface area contributed by atoms with Crippen LogP contribution in [0.25, 0.3) is 6.08 Å². The van der Waals surface area contributed by atoms with E-state index in [1.165, 1.54) is 11.8 Å². The number of carbonyl (C=O) groups excluding carboxylic acids is 1. The van der Waals surface area contributed by atoms with Crippen LogP contribution in [0, 0.1) is 0 Å². The van der Waals surface area contributed by atoms with E-state index in [2.05, 4.69) is 23.1 Å². The van der Waals surface area contributed by atoms with Gasteiger partial charge in [-0.05, 0) is 48.0 Å². The van der Waals surface area contributed by atoms with E-state index < -0.39 is 5.91 Å². The number of anilines is 1. The van der Waals surface area contributed by atoms with Crippen LogP contribution in [0.15, 0.2) is 53.6 Å². The maximum Gasteiger partial charge on any atom is 0.255 e. The number of rotatable bonds is 8. The lowest BCUT2D eigenvalue weighted by molar-refractivity contribution is -0.113. The summed E-state index contributed by atoms with van der Waals surface area (Å²) in [5.41, 5.74) is 6.22. The molecule has 1 aromatic heterocycles. The van der Waals surface area contributed by atoms with E-state index in [9.17, 15) is 4.79 Å². The number of hydrogen-bond acceptors (Lipinski definition) is 6. The first-order valence-electron chi connectivity index (χ1n) is 7.79. The van der Waals surface area contributed by atoms with Crippen LogP contribution in [-0.2, 0) is 4.79 Å². The summed E-state index contributed by atoms with van der Waals surface area (Å²) in [6.45, 7) is 1.29. The molecule has 1 amide bonds. The summed E-state index contributed by atoms with van der Waals surface area (Å²) in [7, 11) is 1.98. The second-order valence-electron chi connectivity index (χ2n) is 5.10. The Bertz CT molecular complexity index is 706. The van der Waals surface area contributed by atoms with Crippen molar-refractivity contribution in [1.82, 2.24) is 4.98 Å². The molecular formula is C19H23N3O2S2. The maximum absolute atomic E-state index is 11.2. The van der Waals surface area contributed by atoms with Crippen LogP contribution >= 0.6 is 24.0 Å². The second-order valence-corrected chi connectivity index (χ2v) is 5.95. The second kappa shape index (κ2) is 12.1. The fraction of sp³-hybridized carbons (Fsp3) is 0.211. The summed E-state index contributed by atoms with van der Waals surface area (Å²) in [6, 6.07) is 13.4. The number of likely N-dealkylation sites (N-methyl/N-ethyl adjacent to an activating group) is 1. The van der Waals surface area contributed by atoms with E-state index in [0.717, 1.165) is 23.7 Å². The number of amides is 1. The van der Waals surface area contributed by atoms with Crippen LogP contribution in [-0.4, -0.2) is 43.2 Å². The molecule has 2 N–H and O–H groups in total. The Morgan fingerprint density at radius 2 is 2.00 bits per heavy atom. The summed E-state index contributed by atoms with van der Waals surface area (Å²) in [5.74, 6) is 4.12. The lowest BCUT2D eigenvalue weighted by Crippen LogP contribution is -2.24. The van der Waals surface area contributed by atoms with E-state index in [1.807, 2.05) is 60.7 Å². The Balaban J connectivity index is 0.00000163. The molecule has 138 valence electrons. The van der Waals surface area contributed by atoms with Crippen molar-refractivity contribution in [3.63, 3.8) is 0 Å². The Hall–Kier alpha value is -2.38. The van der Waals surface area contributed by atoms with Gasteiger partial charge in [-0.3, -0.25) is 4.79 Å². The monoisotopic (exact) mass is 389 g/mol. The first-order valence-corrected chi connectivity index (χ1v) is 9.59. The number of ether oxygens (including phenoxy) is 1. The fourth-order valence-electron chi connectivity index (χ4n) is 2.04. The predicted octanol–water partition coefficient (Wildman–Crippen LogP) is 3.40. The quantitative estimate of drug-likeness (QED) is 0.551. The highest BCUT2D eigenvalue weighted by Crippen LogP contribution is 2.18. The van der Waals surface area contributed by atoms with Crippen LogP contribution in [0.3, 0.4) is 0 Å². The zero-order chi connectivity index (χ0) is 19.4. The van der Waals surface area contributed by atoms with Crippen LogP contribution in [0.5, 0.6) is 5.75 Å². The maximum atomic E-state index is 11.2. The number of hydrogen-bond donors (Lipinski definition) is 1. The number of aromatic nitrogens is 1. The van der Waals surface area contributed by atoms with Gasteiger partial charge in [-0.25, -0.2) is 4.98 Å². The smallest absolute Gasteiger partial charge is 0.255 e. The molecule has 1 heterocycles. The standard InChI is InChI=1S/C18H21N3O2S.CH2S/c1-21(17-5-3-4-10-20-17)11-12-23-15-8-6-14(7-9-15)13-16(24-2)18(19)22;1-2/h3-10,13H,11-12H2,1-2H3,(H2,19,22);1H2/b16-13-;. The van der Waals surface area contributed by atoms with Crippen molar-refractivity contribution < 1.29 is 9.53 Å². The van der Waals surface area contributed by atoms with E-state index in [0.29, 0.717) is 11.5 Å². The molecule has 0 radical (unpaired) electrons. The molecule has 5 nitrogen and oxygen atoms in total. The van der Waals surface area contributed by atoms with Gasteiger partial charge in [0.1, 0.15) is 18.2 Å². The van der Waals surface area contributed by atoms with E-state index in [4.69, 9.17) is 10.5 Å². The fourth-order valence-corrected chi connectivity index (χ4v) is 2.49. The molecule has 0 aliphatic carbocycles. The predicted molar refractivity (Wildman–Crippen MR) is 115 cm³/mol. The van der Waals surface area contributed by atoms with Crippen molar-refractivity contribution in [2.45, 2.75) is 0 Å². The molecule has 2 rings (SSSR count). The molecule has 0 spiro atoms. The minimum atomic E-state index is -0.416. The Labute approximate surface area is 164 Å². The summed E-state index contributed by atoms with van der Waals surface area (Å²) in [5, 5.41) is 0. The molecule has 2 aromatic rings. The number of benzene rings is 1. The van der Waals surface area contributed by atoms with Gasteiger partial charge in [0, 0.05) is 13.2 Å². The van der Waals surface area contributed by atoms with Gasteiger partial charge in [0.15, 0.2) is 0 Å². The van der Waals surface area contributed by atoms with Gasteiger partial charge >= 0.3 is 0 Å². The van der Waals surface area contributed by atoms with E-state index in [-0.39, 0.29) is 0 Å². The van der Waals surface area contributed by atoms with Crippen molar-refractivity contribution in [3.05, 3.63) is 59.1 Å². The largest absolute Gasteiger partial charge is 0.492 e. The topological polar surface area (TPSA) is 68.4 Å². The average molecular weight is 390 g/mol. The summed E-state index contributed by atoms with van der Waals surface area (Å²) >= 11 is 5.17. The Morgan fingerprint density at radius 1 is 1.31 bits per heavy atom. The highest BCUT2D eigenvalue weighted by Gasteiger charge is 2.04. The van der Waals surface area contributed by atoms with Gasteiger partial charge in [-0.2, -0.15) is 0 Å². The molecule has 1 aromatic carbocycles. The van der Waals surface area contributed by atoms with E-state index in [1.54, 1.807) is 12.3 Å². The third kappa shape index (κ3) is 7.25. The van der Waals surface area contributed by atoms with Gasteiger partial charge in [0.25, 0.3) is 5.91 Å². The molecule has 0 aliphatic rings. The highest BCUT2D eigenvalue weighted by atomic mass is 32.2. The van der Waals surface area contributed by atoms with Gasteiger partial charge in [-0.1, -0.05) is 30.4 Å². The van der Waals surface area contributed by atoms with E-state index >= 15 is 0 Å². The van der Waals surface area contributed by atoms with Gasteiger partial charge in [0.05, 0.1) is 11.4 Å². The first-order chi connectivity index (χ1) is 12.6. The van der Waals surface area contributed by atoms with Crippen molar-refractivity contribution in [3.8, 4) is 5.75 Å². The highest BCUT2D eigenvalue weighted by molar-refractivity contribution is 8.03. The number of nitrogens with two attached hydrogens (primary N) is 1. The molecule has 26 heavy (non-hydrogen) atoms. The van der Waals surface area contributed by atoms with Crippen LogP contribution in [0.2, 0.25) is 0 Å². The zero-order valence-electron chi connectivity index (χ0n) is 14.9. The number of primary amides is 1. The number of thioether (sulfide) groups is 1. The molecule has 0 aliphatic heterocycles. The van der Waals surface area contributed by atoms with Gasteiger partial charge < -0.3 is 15.4 Å². The summed E-state index contributed by atoms with van der Waals surface area (Å²) < 4.78 is 5.74. The Kier molecular flexibility index (Phi) is 10.0. The number of nitrogens with zero attached hydrogens (tertiary/aromatic N) is 2. The molecule has 0 atom stereocenters. The van der Waals surface area contributed by atoms with Gasteiger partial charge in [-0.15, -0.1) is 11.8 Å². The number of carbonyl (C=O) groups is 1. The van der Waals surface area contributed by atoms with Crippen molar-refractivity contribution in [1.29, 1.82) is 0 Å². The van der Waals surface area contributed by atoms with Crippen molar-refractivity contribution in [2.75, 3.05) is 31.4 Å². The van der Waals surface area contributed by atoms with Crippen LogP contribution in [0.4, 0.5) is 5.82 Å². The van der Waals surface area contributed by atoms with Crippen molar-refractivity contribution >= 4 is 47.7 Å². The Morgan fingerprint density at radius 3 is 2.54 bits per heavy atom. The summed E-state index contributed by atoms with van der Waals surface area (Å²) in [4.78, 5) is 18.1. The molecule has 0 saturated carbocycles. The number of pyridine rings is 1. The van der Waals surface area contributed by atoms with Crippen LogP contribution in [0.1, 0.15) is 5.56 Å². The van der Waals surface area contributed by atoms with Crippen LogP contribution < -0.4 is 15.4 Å². The summed E-state index contributed by atoms with van der Waals surface area (Å²) in [6.07, 6.45) is 5.37. The zero-order valence-corrected chi connectivity index (χ0v) is 16.6. The molecule has 0 saturated heterocycles. The lowest BCUT2D eigenvalue weighted by Gasteiger charge is -2.18. The normalized spacial score (nSPS) is 10.5. The lowest BCUT2D eigenvalue weighted by atomic mass is 10.2. The molecule has 0 unspecified atom stereocenters. The number of thiocarbonyl (C=S) groups is 1. The molecule has 0 bridgehead atoms. The van der Waals surface area contributed by atoms with Crippen molar-refractivity contribution in [2.24, 2.45) is 5.73 Å². The minimum absolute atomic E-state index is 0.416. The SMILES string of the molecule is C=S.CS/C(=C\c1ccc(OCCN(C)c2ccccn2)cc1)C(N)=O. The average Bonchev–Trinajstić information content (AvgIpc) is 2.69. The third-order valence-electron chi connectivity index (χ3n) is 3.38. The molecular weight excluding hydrogens is 366 g/mol. The molecule has 7 heteroatoms. The minimum Gasteiger partial charge on any atom is -0.492 e. The first kappa shape index (κ1) is 21.7. The van der Waals surface area contributed by atoms with Gasteiger partial charge in [0.2, 0.25) is 0 Å². The third-order valence-corrected chi connectivity index (χ3v) is 4.14. The molecule has 0 fully saturated rings.